The molecule has 3 nitrogen and oxygen atoms in total. The van der Waals surface area contributed by atoms with Crippen molar-refractivity contribution in [1.82, 2.24) is 0 Å². The second kappa shape index (κ2) is 5.83. The molecule has 1 N–H and O–H groups in total. The van der Waals surface area contributed by atoms with E-state index in [4.69, 9.17) is 9.47 Å². The largest absolute Gasteiger partial charge is 0.388 e. The summed E-state index contributed by atoms with van der Waals surface area (Å²) in [5.41, 5.74) is 0. The van der Waals surface area contributed by atoms with E-state index in [1.807, 2.05) is 0 Å². The van der Waals surface area contributed by atoms with Crippen molar-refractivity contribution in [2.24, 2.45) is 17.8 Å². The minimum absolute atomic E-state index is 0.320. The monoisotopic (exact) mass is 216 g/mol. The average molecular weight is 216 g/mol. The molecule has 0 aromatic heterocycles. The molecule has 0 radical (unpaired) electrons. The van der Waals surface area contributed by atoms with Crippen LogP contribution in [0.3, 0.4) is 0 Å². The maximum atomic E-state index is 10.1. The van der Waals surface area contributed by atoms with Gasteiger partial charge in [-0.25, -0.2) is 0 Å². The first kappa shape index (κ1) is 12.9. The molecule has 3 heteroatoms. The van der Waals surface area contributed by atoms with Crippen molar-refractivity contribution in [3.05, 3.63) is 0 Å². The fraction of sp³-hybridized carbons (Fsp3) is 1.00. The summed E-state index contributed by atoms with van der Waals surface area (Å²) < 4.78 is 10.2. The van der Waals surface area contributed by atoms with Crippen LogP contribution in [0.4, 0.5) is 0 Å². The van der Waals surface area contributed by atoms with Crippen LogP contribution in [0.1, 0.15) is 33.1 Å². The number of ether oxygens (including phenoxy) is 2. The fourth-order valence-electron chi connectivity index (χ4n) is 2.50. The summed E-state index contributed by atoms with van der Waals surface area (Å²) >= 11 is 0. The summed E-state index contributed by atoms with van der Waals surface area (Å²) in [4.78, 5) is 0. The zero-order valence-corrected chi connectivity index (χ0v) is 10.3. The molecule has 0 aromatic rings. The predicted molar refractivity (Wildman–Crippen MR) is 59.5 cm³/mol. The third kappa shape index (κ3) is 3.16. The Balaban J connectivity index is 2.49. The number of aliphatic hydroxyl groups excluding tert-OH is 1. The molecule has 0 amide bonds. The molecule has 0 saturated heterocycles. The van der Waals surface area contributed by atoms with Gasteiger partial charge in [-0.15, -0.1) is 0 Å². The van der Waals surface area contributed by atoms with Gasteiger partial charge in [-0.1, -0.05) is 20.3 Å². The first-order valence-corrected chi connectivity index (χ1v) is 5.83. The highest BCUT2D eigenvalue weighted by Gasteiger charge is 2.33. The Bertz CT molecular complexity index is 180. The van der Waals surface area contributed by atoms with Crippen molar-refractivity contribution in [1.29, 1.82) is 0 Å². The SMILES string of the molecule is COC(OC)C(O)C1CCC(C)C(C)C1. The van der Waals surface area contributed by atoms with Gasteiger partial charge in [0.1, 0.15) is 6.10 Å². The van der Waals surface area contributed by atoms with Gasteiger partial charge in [0.2, 0.25) is 0 Å². The smallest absolute Gasteiger partial charge is 0.182 e. The third-order valence-electron chi connectivity index (χ3n) is 3.87. The van der Waals surface area contributed by atoms with Crippen LogP contribution in [0.15, 0.2) is 0 Å². The van der Waals surface area contributed by atoms with Gasteiger partial charge in [-0.2, -0.15) is 0 Å². The first-order valence-electron chi connectivity index (χ1n) is 5.83. The topological polar surface area (TPSA) is 38.7 Å². The second-order valence-corrected chi connectivity index (χ2v) is 4.86. The number of hydrogen-bond acceptors (Lipinski definition) is 3. The molecule has 90 valence electrons. The molecule has 0 bridgehead atoms. The molecule has 1 fully saturated rings. The maximum absolute atomic E-state index is 10.1. The van der Waals surface area contributed by atoms with Crippen LogP contribution in [0.25, 0.3) is 0 Å². The molecule has 1 aliphatic rings. The Labute approximate surface area is 92.8 Å². The fourth-order valence-corrected chi connectivity index (χ4v) is 2.50. The van der Waals surface area contributed by atoms with Gasteiger partial charge in [0.15, 0.2) is 6.29 Å². The molecule has 4 unspecified atom stereocenters. The van der Waals surface area contributed by atoms with E-state index in [0.717, 1.165) is 18.8 Å². The van der Waals surface area contributed by atoms with Crippen LogP contribution in [0.2, 0.25) is 0 Å². The zero-order chi connectivity index (χ0) is 11.4. The number of rotatable bonds is 4. The molecule has 1 saturated carbocycles. The first-order chi connectivity index (χ1) is 7.10. The van der Waals surface area contributed by atoms with Gasteiger partial charge >= 0.3 is 0 Å². The predicted octanol–water partition coefficient (Wildman–Crippen LogP) is 2.04. The van der Waals surface area contributed by atoms with E-state index in [2.05, 4.69) is 13.8 Å². The lowest BCUT2D eigenvalue weighted by molar-refractivity contribution is -0.183. The minimum Gasteiger partial charge on any atom is -0.388 e. The summed E-state index contributed by atoms with van der Waals surface area (Å²) in [5, 5.41) is 10.1. The van der Waals surface area contributed by atoms with Crippen molar-refractivity contribution >= 4 is 0 Å². The standard InChI is InChI=1S/C12H24O3/c1-8-5-6-10(7-9(8)2)11(13)12(14-3)15-4/h8-13H,5-7H2,1-4H3. The summed E-state index contributed by atoms with van der Waals surface area (Å²) in [5.74, 6) is 1.78. The summed E-state index contributed by atoms with van der Waals surface area (Å²) in [7, 11) is 3.15. The Morgan fingerprint density at radius 3 is 2.13 bits per heavy atom. The van der Waals surface area contributed by atoms with Gasteiger partial charge in [0.25, 0.3) is 0 Å². The van der Waals surface area contributed by atoms with Crippen molar-refractivity contribution in [2.45, 2.75) is 45.5 Å². The molecule has 0 heterocycles. The van der Waals surface area contributed by atoms with Crippen molar-refractivity contribution in [3.63, 3.8) is 0 Å². The highest BCUT2D eigenvalue weighted by atomic mass is 16.7. The lowest BCUT2D eigenvalue weighted by Gasteiger charge is -2.36. The highest BCUT2D eigenvalue weighted by Crippen LogP contribution is 2.36. The summed E-state index contributed by atoms with van der Waals surface area (Å²) in [6, 6.07) is 0. The van der Waals surface area contributed by atoms with Crippen LogP contribution in [0, 0.1) is 17.8 Å². The molecular formula is C12H24O3. The van der Waals surface area contributed by atoms with E-state index in [1.54, 1.807) is 14.2 Å². The van der Waals surface area contributed by atoms with Gasteiger partial charge in [-0.05, 0) is 30.6 Å². The molecule has 1 rings (SSSR count). The molecule has 0 aromatic carbocycles. The number of methoxy groups -OCH3 is 2. The zero-order valence-electron chi connectivity index (χ0n) is 10.3. The van der Waals surface area contributed by atoms with Crippen molar-refractivity contribution in [2.75, 3.05) is 14.2 Å². The summed E-state index contributed by atoms with van der Waals surface area (Å²) in [6.07, 6.45) is 2.38. The highest BCUT2D eigenvalue weighted by molar-refractivity contribution is 4.81. The molecule has 0 aliphatic heterocycles. The quantitative estimate of drug-likeness (QED) is 0.731. The lowest BCUT2D eigenvalue weighted by Crippen LogP contribution is -2.39. The van der Waals surface area contributed by atoms with Crippen LogP contribution in [0.5, 0.6) is 0 Å². The van der Waals surface area contributed by atoms with Gasteiger partial charge in [0.05, 0.1) is 0 Å². The van der Waals surface area contributed by atoms with Crippen LogP contribution in [-0.2, 0) is 9.47 Å². The van der Waals surface area contributed by atoms with Gasteiger partial charge < -0.3 is 14.6 Å². The average Bonchev–Trinajstić information content (AvgIpc) is 2.23. The Morgan fingerprint density at radius 1 is 1.07 bits per heavy atom. The van der Waals surface area contributed by atoms with Crippen LogP contribution >= 0.6 is 0 Å². The molecule has 4 atom stereocenters. The van der Waals surface area contributed by atoms with Crippen LogP contribution in [-0.4, -0.2) is 31.7 Å². The normalized spacial score (nSPS) is 34.4. The summed E-state index contributed by atoms with van der Waals surface area (Å²) in [6.45, 7) is 4.55. The van der Waals surface area contributed by atoms with Crippen molar-refractivity contribution in [3.8, 4) is 0 Å². The molecule has 15 heavy (non-hydrogen) atoms. The number of aliphatic hydroxyl groups is 1. The van der Waals surface area contributed by atoms with E-state index in [1.165, 1.54) is 6.42 Å². The third-order valence-corrected chi connectivity index (χ3v) is 3.87. The van der Waals surface area contributed by atoms with E-state index in [9.17, 15) is 5.11 Å². The van der Waals surface area contributed by atoms with E-state index < -0.39 is 12.4 Å². The Kier molecular flexibility index (Phi) is 5.03. The maximum Gasteiger partial charge on any atom is 0.182 e. The Hall–Kier alpha value is -0.120. The Morgan fingerprint density at radius 2 is 1.67 bits per heavy atom. The van der Waals surface area contributed by atoms with Crippen LogP contribution < -0.4 is 0 Å². The van der Waals surface area contributed by atoms with Gasteiger partial charge in [0, 0.05) is 14.2 Å². The molecular weight excluding hydrogens is 192 g/mol. The molecule has 0 spiro atoms. The lowest BCUT2D eigenvalue weighted by atomic mass is 9.74. The van der Waals surface area contributed by atoms with E-state index in [0.29, 0.717) is 11.8 Å². The van der Waals surface area contributed by atoms with Crippen molar-refractivity contribution < 1.29 is 14.6 Å². The number of hydrogen-bond donors (Lipinski definition) is 1. The van der Waals surface area contributed by atoms with E-state index in [-0.39, 0.29) is 0 Å². The van der Waals surface area contributed by atoms with Gasteiger partial charge in [-0.3, -0.25) is 0 Å². The second-order valence-electron chi connectivity index (χ2n) is 4.86. The molecule has 1 aliphatic carbocycles. The van der Waals surface area contributed by atoms with E-state index >= 15 is 0 Å². The minimum atomic E-state index is -0.491.